The van der Waals surface area contributed by atoms with Gasteiger partial charge in [0.2, 0.25) is 0 Å². The van der Waals surface area contributed by atoms with Crippen LogP contribution in [0.3, 0.4) is 0 Å². The molecule has 4 heteroatoms. The van der Waals surface area contributed by atoms with Crippen molar-refractivity contribution in [3.05, 3.63) is 48.5 Å². The van der Waals surface area contributed by atoms with Crippen molar-refractivity contribution in [1.29, 1.82) is 0 Å². The number of esters is 1. The predicted molar refractivity (Wildman–Crippen MR) is 75.8 cm³/mol. The molecule has 2 aromatic carbocycles. The van der Waals surface area contributed by atoms with Crippen molar-refractivity contribution in [3.63, 3.8) is 0 Å². The number of rotatable bonds is 4. The summed E-state index contributed by atoms with van der Waals surface area (Å²) in [5.41, 5.74) is 2.13. The van der Waals surface area contributed by atoms with Crippen molar-refractivity contribution in [3.8, 4) is 11.5 Å². The zero-order valence-electron chi connectivity index (χ0n) is 10.9. The second-order valence-corrected chi connectivity index (χ2v) is 4.08. The summed E-state index contributed by atoms with van der Waals surface area (Å²) in [4.78, 5) is 10.8. The SMILES string of the molecule is COc1ccc([B]c2ccc(OC(C)=O)cc2)cc1. The number of benzene rings is 2. The van der Waals surface area contributed by atoms with Crippen LogP contribution in [0.2, 0.25) is 0 Å². The maximum atomic E-state index is 10.8. The molecule has 2 rings (SSSR count). The molecule has 0 atom stereocenters. The van der Waals surface area contributed by atoms with E-state index in [0.29, 0.717) is 5.75 Å². The van der Waals surface area contributed by atoms with Gasteiger partial charge in [-0.1, -0.05) is 35.2 Å². The first-order chi connectivity index (χ1) is 9.17. The van der Waals surface area contributed by atoms with Crippen LogP contribution in [0.25, 0.3) is 0 Å². The van der Waals surface area contributed by atoms with E-state index in [0.717, 1.165) is 16.7 Å². The van der Waals surface area contributed by atoms with E-state index in [-0.39, 0.29) is 5.97 Å². The number of hydrogen-bond acceptors (Lipinski definition) is 3. The fourth-order valence-corrected chi connectivity index (χ4v) is 1.69. The van der Waals surface area contributed by atoms with E-state index in [4.69, 9.17) is 9.47 Å². The summed E-state index contributed by atoms with van der Waals surface area (Å²) in [5, 5.41) is 0. The van der Waals surface area contributed by atoms with Gasteiger partial charge in [0, 0.05) is 6.92 Å². The Morgan fingerprint density at radius 2 is 1.37 bits per heavy atom. The van der Waals surface area contributed by atoms with Crippen LogP contribution in [-0.4, -0.2) is 20.4 Å². The minimum atomic E-state index is -0.313. The van der Waals surface area contributed by atoms with Crippen LogP contribution >= 0.6 is 0 Å². The summed E-state index contributed by atoms with van der Waals surface area (Å²) in [5.74, 6) is 1.08. The van der Waals surface area contributed by atoms with Crippen molar-refractivity contribution in [1.82, 2.24) is 0 Å². The third-order valence-corrected chi connectivity index (χ3v) is 2.59. The van der Waals surface area contributed by atoms with Gasteiger partial charge in [-0.15, -0.1) is 0 Å². The highest BCUT2D eigenvalue weighted by molar-refractivity contribution is 6.67. The van der Waals surface area contributed by atoms with Crippen LogP contribution in [0.5, 0.6) is 11.5 Å². The fraction of sp³-hybridized carbons (Fsp3) is 0.133. The second kappa shape index (κ2) is 6.09. The molecule has 0 aliphatic rings. The summed E-state index contributed by atoms with van der Waals surface area (Å²) in [6, 6.07) is 15.2. The molecular weight excluding hydrogens is 239 g/mol. The third-order valence-electron chi connectivity index (χ3n) is 2.59. The molecule has 0 aliphatic carbocycles. The Hall–Kier alpha value is -2.23. The average molecular weight is 253 g/mol. The molecule has 0 saturated carbocycles. The summed E-state index contributed by atoms with van der Waals surface area (Å²) < 4.78 is 10.1. The lowest BCUT2D eigenvalue weighted by Gasteiger charge is -2.04. The maximum absolute atomic E-state index is 10.8. The van der Waals surface area contributed by atoms with Gasteiger partial charge in [0.05, 0.1) is 7.11 Å². The van der Waals surface area contributed by atoms with Crippen molar-refractivity contribution in [2.45, 2.75) is 6.92 Å². The number of hydrogen-bond donors (Lipinski definition) is 0. The van der Waals surface area contributed by atoms with E-state index >= 15 is 0 Å². The van der Waals surface area contributed by atoms with E-state index in [1.165, 1.54) is 6.92 Å². The van der Waals surface area contributed by atoms with E-state index in [2.05, 4.69) is 0 Å². The predicted octanol–water partition coefficient (Wildman–Crippen LogP) is 1.28. The Balaban J connectivity index is 2.04. The Morgan fingerprint density at radius 1 is 0.895 bits per heavy atom. The lowest BCUT2D eigenvalue weighted by Crippen LogP contribution is -2.26. The largest absolute Gasteiger partial charge is 0.497 e. The molecule has 0 aliphatic heterocycles. The maximum Gasteiger partial charge on any atom is 0.308 e. The zero-order chi connectivity index (χ0) is 13.7. The van der Waals surface area contributed by atoms with E-state index < -0.39 is 0 Å². The quantitative estimate of drug-likeness (QED) is 0.467. The van der Waals surface area contributed by atoms with E-state index in [1.54, 1.807) is 19.2 Å². The van der Waals surface area contributed by atoms with Crippen molar-refractivity contribution in [2.75, 3.05) is 7.11 Å². The Morgan fingerprint density at radius 3 is 1.79 bits per heavy atom. The minimum absolute atomic E-state index is 0.313. The number of carbonyl (C=O) groups is 1. The molecule has 95 valence electrons. The van der Waals surface area contributed by atoms with Crippen LogP contribution in [0.1, 0.15) is 6.92 Å². The summed E-state index contributed by atoms with van der Waals surface area (Å²) >= 11 is 0. The van der Waals surface area contributed by atoms with Crippen molar-refractivity contribution >= 4 is 24.2 Å². The molecule has 0 saturated heterocycles. The third kappa shape index (κ3) is 3.88. The molecule has 0 N–H and O–H groups in total. The minimum Gasteiger partial charge on any atom is -0.497 e. The van der Waals surface area contributed by atoms with Crippen LogP contribution < -0.4 is 20.4 Å². The standard InChI is InChI=1S/C15H14BO3/c1-11(17)19-15-9-5-13(6-10-15)16-12-3-7-14(18-2)8-4-12/h3-10H,1-2H3. The lowest BCUT2D eigenvalue weighted by atomic mass is 9.64. The smallest absolute Gasteiger partial charge is 0.308 e. The number of carbonyl (C=O) groups excluding carboxylic acids is 1. The average Bonchev–Trinajstić information content (AvgIpc) is 2.41. The second-order valence-electron chi connectivity index (χ2n) is 4.08. The van der Waals surface area contributed by atoms with Gasteiger partial charge in [0.15, 0.2) is 7.28 Å². The topological polar surface area (TPSA) is 35.5 Å². The van der Waals surface area contributed by atoms with Crippen LogP contribution in [-0.2, 0) is 4.79 Å². The molecule has 19 heavy (non-hydrogen) atoms. The van der Waals surface area contributed by atoms with Gasteiger partial charge >= 0.3 is 5.97 Å². The van der Waals surface area contributed by atoms with Gasteiger partial charge in [-0.05, 0) is 24.3 Å². The van der Waals surface area contributed by atoms with Gasteiger partial charge in [0.1, 0.15) is 11.5 Å². The van der Waals surface area contributed by atoms with Crippen LogP contribution in [0.4, 0.5) is 0 Å². The molecular formula is C15H14BO3. The highest BCUT2D eigenvalue weighted by Crippen LogP contribution is 2.08. The number of ether oxygens (including phenoxy) is 2. The molecule has 2 aromatic rings. The summed E-state index contributed by atoms with van der Waals surface area (Å²) in [6.45, 7) is 1.39. The zero-order valence-corrected chi connectivity index (χ0v) is 10.9. The molecule has 0 bridgehead atoms. The Bertz CT molecular complexity index is 547. The molecule has 0 heterocycles. The number of methoxy groups -OCH3 is 1. The first-order valence-corrected chi connectivity index (χ1v) is 5.94. The van der Waals surface area contributed by atoms with Crippen LogP contribution in [0.15, 0.2) is 48.5 Å². The van der Waals surface area contributed by atoms with Gasteiger partial charge in [0.25, 0.3) is 0 Å². The molecule has 3 nitrogen and oxygen atoms in total. The fourth-order valence-electron chi connectivity index (χ4n) is 1.69. The molecule has 0 aromatic heterocycles. The summed E-state index contributed by atoms with van der Waals surface area (Å²) in [6.07, 6.45) is 0. The molecule has 0 spiro atoms. The Labute approximate surface area is 113 Å². The van der Waals surface area contributed by atoms with Crippen LogP contribution in [0, 0.1) is 0 Å². The summed E-state index contributed by atoms with van der Waals surface area (Å²) in [7, 11) is 3.68. The first-order valence-electron chi connectivity index (χ1n) is 5.94. The highest BCUT2D eigenvalue weighted by atomic mass is 16.5. The highest BCUT2D eigenvalue weighted by Gasteiger charge is 2.02. The van der Waals surface area contributed by atoms with Crippen molar-refractivity contribution in [2.24, 2.45) is 0 Å². The first kappa shape index (κ1) is 13.2. The van der Waals surface area contributed by atoms with E-state index in [1.807, 2.05) is 43.7 Å². The molecule has 1 radical (unpaired) electrons. The van der Waals surface area contributed by atoms with Crippen molar-refractivity contribution < 1.29 is 14.3 Å². The monoisotopic (exact) mass is 253 g/mol. The van der Waals surface area contributed by atoms with Gasteiger partial charge < -0.3 is 9.47 Å². The van der Waals surface area contributed by atoms with Gasteiger partial charge in [-0.25, -0.2) is 0 Å². The van der Waals surface area contributed by atoms with Gasteiger partial charge in [-0.3, -0.25) is 4.79 Å². The molecule has 0 fully saturated rings. The van der Waals surface area contributed by atoms with E-state index in [9.17, 15) is 4.79 Å². The molecule has 0 amide bonds. The Kier molecular flexibility index (Phi) is 4.24. The normalized spacial score (nSPS) is 9.79. The lowest BCUT2D eigenvalue weighted by molar-refractivity contribution is -0.131. The molecule has 0 unspecified atom stereocenters. The van der Waals surface area contributed by atoms with Gasteiger partial charge in [-0.2, -0.15) is 0 Å².